The number of carbonyl (C=O) groups excluding carboxylic acids is 2. The number of esters is 2. The van der Waals surface area contributed by atoms with Crippen LogP contribution in [0.3, 0.4) is 0 Å². The zero-order chi connectivity index (χ0) is 8.27. The average Bonchev–Trinajstić information content (AvgIpc) is 2.37. The summed E-state index contributed by atoms with van der Waals surface area (Å²) >= 11 is 0. The topological polar surface area (TPSA) is 52.6 Å². The number of cyclic esters (lactones) is 1. The molecule has 11 heavy (non-hydrogen) atoms. The molecule has 0 N–H and O–H groups in total. The minimum absolute atomic E-state index is 0.583. The molecule has 0 aromatic heterocycles. The zero-order valence-electron chi connectivity index (χ0n) is 5.65. The number of hydrogen-bond donors (Lipinski definition) is 0. The van der Waals surface area contributed by atoms with E-state index in [0.717, 1.165) is 6.08 Å². The van der Waals surface area contributed by atoms with Gasteiger partial charge in [0.1, 0.15) is 0 Å². The van der Waals surface area contributed by atoms with Crippen molar-refractivity contribution >= 4 is 11.9 Å². The van der Waals surface area contributed by atoms with Gasteiger partial charge < -0.3 is 9.47 Å². The van der Waals surface area contributed by atoms with Crippen molar-refractivity contribution < 1.29 is 19.1 Å². The van der Waals surface area contributed by atoms with Crippen LogP contribution < -0.4 is 0 Å². The fourth-order valence-corrected chi connectivity index (χ4v) is 0.584. The highest BCUT2D eigenvalue weighted by Gasteiger charge is 2.24. The fraction of sp³-hybridized carbons (Fsp3) is 0.143. The van der Waals surface area contributed by atoms with Crippen LogP contribution in [0.25, 0.3) is 0 Å². The molecule has 0 spiro atoms. The van der Waals surface area contributed by atoms with Crippen molar-refractivity contribution in [2.24, 2.45) is 0 Å². The highest BCUT2D eigenvalue weighted by Crippen LogP contribution is 2.06. The Bertz CT molecular complexity index is 229. The summed E-state index contributed by atoms with van der Waals surface area (Å²) in [5.74, 6) is -1.22. The molecular formula is C7H6O4. The molecule has 1 atom stereocenters. The molecule has 0 saturated carbocycles. The van der Waals surface area contributed by atoms with Gasteiger partial charge in [-0.05, 0) is 0 Å². The Hall–Kier alpha value is -1.58. The molecule has 1 unspecified atom stereocenters. The van der Waals surface area contributed by atoms with Gasteiger partial charge in [-0.3, -0.25) is 0 Å². The SMILES string of the molecule is C=CC(=O)OC1C=COC1=O. The molecule has 1 heterocycles. The van der Waals surface area contributed by atoms with Crippen LogP contribution in [0.5, 0.6) is 0 Å². The number of hydrogen-bond acceptors (Lipinski definition) is 4. The van der Waals surface area contributed by atoms with Crippen molar-refractivity contribution in [1.82, 2.24) is 0 Å². The molecule has 4 heteroatoms. The molecule has 58 valence electrons. The maximum absolute atomic E-state index is 10.6. The predicted molar refractivity (Wildman–Crippen MR) is 35.3 cm³/mol. The first-order valence-corrected chi connectivity index (χ1v) is 2.94. The average molecular weight is 154 g/mol. The summed E-state index contributed by atoms with van der Waals surface area (Å²) in [5.41, 5.74) is 0. The molecule has 0 aromatic carbocycles. The van der Waals surface area contributed by atoms with Gasteiger partial charge >= 0.3 is 11.9 Å². The van der Waals surface area contributed by atoms with Crippen LogP contribution in [0, 0.1) is 0 Å². The van der Waals surface area contributed by atoms with Crippen molar-refractivity contribution in [3.63, 3.8) is 0 Å². The normalized spacial score (nSPS) is 21.1. The number of rotatable bonds is 2. The van der Waals surface area contributed by atoms with Crippen LogP contribution in [0.15, 0.2) is 25.0 Å². The van der Waals surface area contributed by atoms with Crippen LogP contribution in [0.1, 0.15) is 0 Å². The highest BCUT2D eigenvalue weighted by atomic mass is 16.6. The zero-order valence-corrected chi connectivity index (χ0v) is 5.65. The Labute approximate surface area is 63.1 Å². The van der Waals surface area contributed by atoms with Crippen LogP contribution in [0.4, 0.5) is 0 Å². The standard InChI is InChI=1S/C7H6O4/c1-2-6(8)11-5-3-4-10-7(5)9/h2-5H,1H2. The van der Waals surface area contributed by atoms with E-state index in [1.165, 1.54) is 12.3 Å². The van der Waals surface area contributed by atoms with Crippen molar-refractivity contribution in [1.29, 1.82) is 0 Å². The lowest BCUT2D eigenvalue weighted by Crippen LogP contribution is -2.21. The van der Waals surface area contributed by atoms with E-state index >= 15 is 0 Å². The van der Waals surface area contributed by atoms with Gasteiger partial charge in [-0.2, -0.15) is 0 Å². The molecule has 4 nitrogen and oxygen atoms in total. The molecule has 0 amide bonds. The lowest BCUT2D eigenvalue weighted by molar-refractivity contribution is -0.155. The quantitative estimate of drug-likeness (QED) is 0.419. The summed E-state index contributed by atoms with van der Waals surface area (Å²) in [6.07, 6.45) is 2.62. The van der Waals surface area contributed by atoms with E-state index in [1.807, 2.05) is 0 Å². The summed E-state index contributed by atoms with van der Waals surface area (Å²) < 4.78 is 8.93. The van der Waals surface area contributed by atoms with E-state index in [-0.39, 0.29) is 0 Å². The third-order valence-electron chi connectivity index (χ3n) is 1.08. The largest absolute Gasteiger partial charge is 0.443 e. The second-order valence-electron chi connectivity index (χ2n) is 1.83. The monoisotopic (exact) mass is 154 g/mol. The molecule has 0 radical (unpaired) electrons. The lowest BCUT2D eigenvalue weighted by atomic mass is 10.4. The Morgan fingerprint density at radius 2 is 2.55 bits per heavy atom. The first-order valence-electron chi connectivity index (χ1n) is 2.94. The number of carbonyl (C=O) groups is 2. The summed E-state index contributed by atoms with van der Waals surface area (Å²) in [6, 6.07) is 0. The van der Waals surface area contributed by atoms with E-state index in [4.69, 9.17) is 0 Å². The summed E-state index contributed by atoms with van der Waals surface area (Å²) in [6.45, 7) is 3.18. The third kappa shape index (κ3) is 1.67. The first-order chi connectivity index (χ1) is 5.24. The lowest BCUT2D eigenvalue weighted by Gasteiger charge is -2.03. The van der Waals surface area contributed by atoms with Gasteiger partial charge in [0, 0.05) is 12.2 Å². The van der Waals surface area contributed by atoms with E-state index in [1.54, 1.807) is 0 Å². The highest BCUT2D eigenvalue weighted by molar-refractivity contribution is 5.87. The fourth-order valence-electron chi connectivity index (χ4n) is 0.584. The summed E-state index contributed by atoms with van der Waals surface area (Å²) in [4.78, 5) is 21.2. The van der Waals surface area contributed by atoms with Crippen molar-refractivity contribution in [3.8, 4) is 0 Å². The van der Waals surface area contributed by atoms with Crippen molar-refractivity contribution in [3.05, 3.63) is 25.0 Å². The van der Waals surface area contributed by atoms with Crippen LogP contribution in [0.2, 0.25) is 0 Å². The second kappa shape index (κ2) is 3.01. The molecule has 0 bridgehead atoms. The van der Waals surface area contributed by atoms with Gasteiger partial charge in [0.25, 0.3) is 0 Å². The van der Waals surface area contributed by atoms with Crippen molar-refractivity contribution in [2.45, 2.75) is 6.10 Å². The van der Waals surface area contributed by atoms with Gasteiger partial charge in [0.05, 0.1) is 6.26 Å². The van der Waals surface area contributed by atoms with E-state index < -0.39 is 18.0 Å². The summed E-state index contributed by atoms with van der Waals surface area (Å²) in [5, 5.41) is 0. The van der Waals surface area contributed by atoms with Crippen LogP contribution >= 0.6 is 0 Å². The van der Waals surface area contributed by atoms with Gasteiger partial charge in [-0.15, -0.1) is 0 Å². The first kappa shape index (κ1) is 7.53. The van der Waals surface area contributed by atoms with Gasteiger partial charge in [-0.1, -0.05) is 6.58 Å². The van der Waals surface area contributed by atoms with E-state index in [9.17, 15) is 9.59 Å². The number of ether oxygens (including phenoxy) is 2. The summed E-state index contributed by atoms with van der Waals surface area (Å²) in [7, 11) is 0. The molecule has 0 saturated heterocycles. The third-order valence-corrected chi connectivity index (χ3v) is 1.08. The Balaban J connectivity index is 2.49. The molecule has 1 rings (SSSR count). The maximum atomic E-state index is 10.6. The molecule has 1 aliphatic heterocycles. The Morgan fingerprint density at radius 3 is 3.00 bits per heavy atom. The smallest absolute Gasteiger partial charge is 0.356 e. The van der Waals surface area contributed by atoms with Crippen molar-refractivity contribution in [2.75, 3.05) is 0 Å². The minimum atomic E-state index is -0.902. The molecule has 0 fully saturated rings. The van der Waals surface area contributed by atoms with Gasteiger partial charge in [-0.25, -0.2) is 9.59 Å². The van der Waals surface area contributed by atoms with E-state index in [0.29, 0.717) is 0 Å². The molecule has 0 aliphatic carbocycles. The molecular weight excluding hydrogens is 148 g/mol. The second-order valence-corrected chi connectivity index (χ2v) is 1.83. The van der Waals surface area contributed by atoms with Gasteiger partial charge in [0.2, 0.25) is 6.10 Å². The Kier molecular flexibility index (Phi) is 2.06. The minimum Gasteiger partial charge on any atom is -0.443 e. The molecule has 1 aliphatic rings. The molecule has 0 aromatic rings. The van der Waals surface area contributed by atoms with E-state index in [2.05, 4.69) is 16.1 Å². The Morgan fingerprint density at radius 1 is 1.82 bits per heavy atom. The van der Waals surface area contributed by atoms with Gasteiger partial charge in [0.15, 0.2) is 0 Å². The maximum Gasteiger partial charge on any atom is 0.356 e. The van der Waals surface area contributed by atoms with Crippen LogP contribution in [-0.4, -0.2) is 18.0 Å². The predicted octanol–water partition coefficient (Wildman–Crippen LogP) is 0.155. The van der Waals surface area contributed by atoms with Crippen LogP contribution in [-0.2, 0) is 19.1 Å².